The van der Waals surface area contributed by atoms with Crippen LogP contribution < -0.4 is 4.90 Å². The first-order chi connectivity index (χ1) is 7.61. The Hall–Kier alpha value is -0.810. The minimum absolute atomic E-state index is 0.00161. The Morgan fingerprint density at radius 3 is 2.69 bits per heavy atom. The first kappa shape index (κ1) is 11.7. The number of thioether (sulfide) groups is 1. The molecular formula is C11H17N3OS. The number of aromatic nitrogens is 2. The van der Waals surface area contributed by atoms with Crippen LogP contribution in [0.25, 0.3) is 0 Å². The molecule has 4 nitrogen and oxygen atoms in total. The summed E-state index contributed by atoms with van der Waals surface area (Å²) in [5, 5.41) is 8.92. The SMILES string of the molecule is CC1(C)CN(c2ncc(CO)cn2)CCS1. The lowest BCUT2D eigenvalue weighted by atomic mass is 10.2. The van der Waals surface area contributed by atoms with E-state index in [0.29, 0.717) is 0 Å². The number of anilines is 1. The summed E-state index contributed by atoms with van der Waals surface area (Å²) in [6.07, 6.45) is 3.38. The number of hydrogen-bond donors (Lipinski definition) is 1. The Balaban J connectivity index is 2.11. The summed E-state index contributed by atoms with van der Waals surface area (Å²) in [5.74, 6) is 1.88. The topological polar surface area (TPSA) is 49.2 Å². The van der Waals surface area contributed by atoms with Gasteiger partial charge in [0.05, 0.1) is 6.61 Å². The molecule has 88 valence electrons. The molecule has 0 atom stereocenters. The van der Waals surface area contributed by atoms with E-state index >= 15 is 0 Å². The molecular weight excluding hydrogens is 222 g/mol. The number of aliphatic hydroxyl groups is 1. The van der Waals surface area contributed by atoms with E-state index in [-0.39, 0.29) is 11.4 Å². The Labute approximate surface area is 100 Å². The highest BCUT2D eigenvalue weighted by Crippen LogP contribution is 2.30. The van der Waals surface area contributed by atoms with Gasteiger partial charge in [-0.3, -0.25) is 0 Å². The van der Waals surface area contributed by atoms with Crippen LogP contribution in [0, 0.1) is 0 Å². The van der Waals surface area contributed by atoms with E-state index in [2.05, 4.69) is 28.7 Å². The van der Waals surface area contributed by atoms with E-state index in [1.807, 2.05) is 11.8 Å². The van der Waals surface area contributed by atoms with E-state index in [1.165, 1.54) is 0 Å². The zero-order valence-corrected chi connectivity index (χ0v) is 10.5. The number of hydrogen-bond acceptors (Lipinski definition) is 5. The zero-order valence-electron chi connectivity index (χ0n) is 9.68. The smallest absolute Gasteiger partial charge is 0.225 e. The quantitative estimate of drug-likeness (QED) is 0.843. The van der Waals surface area contributed by atoms with E-state index < -0.39 is 0 Å². The maximum atomic E-state index is 8.92. The lowest BCUT2D eigenvalue weighted by Gasteiger charge is -2.37. The van der Waals surface area contributed by atoms with Crippen molar-refractivity contribution in [2.45, 2.75) is 25.2 Å². The van der Waals surface area contributed by atoms with Gasteiger partial charge in [-0.15, -0.1) is 0 Å². The van der Waals surface area contributed by atoms with Crippen LogP contribution in [0.5, 0.6) is 0 Å². The van der Waals surface area contributed by atoms with Gasteiger partial charge in [-0.1, -0.05) is 0 Å². The van der Waals surface area contributed by atoms with Crippen molar-refractivity contribution in [3.63, 3.8) is 0 Å². The summed E-state index contributed by atoms with van der Waals surface area (Å²) in [6.45, 7) is 6.45. The van der Waals surface area contributed by atoms with Crippen LogP contribution in [0.1, 0.15) is 19.4 Å². The lowest BCUT2D eigenvalue weighted by Crippen LogP contribution is -2.43. The van der Waals surface area contributed by atoms with Gasteiger partial charge in [-0.25, -0.2) is 9.97 Å². The predicted octanol–water partition coefficient (Wildman–Crippen LogP) is 1.30. The normalized spacial score (nSPS) is 19.8. The lowest BCUT2D eigenvalue weighted by molar-refractivity contribution is 0.281. The minimum Gasteiger partial charge on any atom is -0.392 e. The summed E-state index contributed by atoms with van der Waals surface area (Å²) < 4.78 is 0.261. The van der Waals surface area contributed by atoms with Crippen LogP contribution in [-0.2, 0) is 6.61 Å². The molecule has 1 aromatic heterocycles. The van der Waals surface area contributed by atoms with Crippen LogP contribution in [0.3, 0.4) is 0 Å². The van der Waals surface area contributed by atoms with Gasteiger partial charge in [0, 0.05) is 41.5 Å². The maximum absolute atomic E-state index is 8.92. The maximum Gasteiger partial charge on any atom is 0.225 e. The Kier molecular flexibility index (Phi) is 3.35. The first-order valence-corrected chi connectivity index (χ1v) is 6.40. The fourth-order valence-electron chi connectivity index (χ4n) is 1.78. The van der Waals surface area contributed by atoms with Gasteiger partial charge in [0.1, 0.15) is 0 Å². The summed E-state index contributed by atoms with van der Waals surface area (Å²) in [4.78, 5) is 10.8. The number of rotatable bonds is 2. The molecule has 1 aromatic rings. The second-order valence-corrected chi connectivity index (χ2v) is 6.38. The predicted molar refractivity (Wildman–Crippen MR) is 66.7 cm³/mol. The average molecular weight is 239 g/mol. The van der Waals surface area contributed by atoms with E-state index in [0.717, 1.165) is 30.4 Å². The van der Waals surface area contributed by atoms with Crippen molar-refractivity contribution in [1.82, 2.24) is 9.97 Å². The van der Waals surface area contributed by atoms with Crippen molar-refractivity contribution in [2.24, 2.45) is 0 Å². The third-order valence-corrected chi connectivity index (χ3v) is 3.88. The minimum atomic E-state index is 0.00161. The van der Waals surface area contributed by atoms with Gasteiger partial charge in [-0.05, 0) is 13.8 Å². The molecule has 0 saturated carbocycles. The van der Waals surface area contributed by atoms with Crippen molar-refractivity contribution in [2.75, 3.05) is 23.7 Å². The van der Waals surface area contributed by atoms with Crippen molar-refractivity contribution in [3.8, 4) is 0 Å². The highest BCUT2D eigenvalue weighted by atomic mass is 32.2. The van der Waals surface area contributed by atoms with E-state index in [1.54, 1.807) is 12.4 Å². The van der Waals surface area contributed by atoms with Gasteiger partial charge in [0.2, 0.25) is 5.95 Å². The molecule has 1 saturated heterocycles. The summed E-state index contributed by atoms with van der Waals surface area (Å²) in [6, 6.07) is 0. The molecule has 0 amide bonds. The highest BCUT2D eigenvalue weighted by molar-refractivity contribution is 8.00. The Morgan fingerprint density at radius 1 is 1.44 bits per heavy atom. The third-order valence-electron chi connectivity index (χ3n) is 2.58. The van der Waals surface area contributed by atoms with Gasteiger partial charge < -0.3 is 10.0 Å². The summed E-state index contributed by atoms with van der Waals surface area (Å²) >= 11 is 1.99. The number of nitrogens with zero attached hydrogens (tertiary/aromatic N) is 3. The first-order valence-electron chi connectivity index (χ1n) is 5.41. The fraction of sp³-hybridized carbons (Fsp3) is 0.636. The number of aliphatic hydroxyl groups excluding tert-OH is 1. The van der Waals surface area contributed by atoms with Crippen molar-refractivity contribution < 1.29 is 5.11 Å². The molecule has 2 heterocycles. The largest absolute Gasteiger partial charge is 0.392 e. The molecule has 0 aromatic carbocycles. The van der Waals surface area contributed by atoms with E-state index in [9.17, 15) is 0 Å². The second-order valence-electron chi connectivity index (χ2n) is 4.58. The van der Waals surface area contributed by atoms with Gasteiger partial charge >= 0.3 is 0 Å². The molecule has 1 aliphatic rings. The Bertz CT molecular complexity index is 353. The molecule has 1 aliphatic heterocycles. The summed E-state index contributed by atoms with van der Waals surface area (Å²) in [7, 11) is 0. The van der Waals surface area contributed by atoms with Crippen LogP contribution in [-0.4, -0.2) is 38.7 Å². The molecule has 0 aliphatic carbocycles. The average Bonchev–Trinajstić information content (AvgIpc) is 2.28. The zero-order chi connectivity index (χ0) is 11.6. The molecule has 0 unspecified atom stereocenters. The molecule has 5 heteroatoms. The van der Waals surface area contributed by atoms with Crippen LogP contribution >= 0.6 is 11.8 Å². The van der Waals surface area contributed by atoms with Gasteiger partial charge in [-0.2, -0.15) is 11.8 Å². The third kappa shape index (κ3) is 2.65. The molecule has 1 fully saturated rings. The highest BCUT2D eigenvalue weighted by Gasteiger charge is 2.28. The second kappa shape index (κ2) is 4.59. The van der Waals surface area contributed by atoms with Gasteiger partial charge in [0.25, 0.3) is 0 Å². The van der Waals surface area contributed by atoms with Crippen molar-refractivity contribution in [3.05, 3.63) is 18.0 Å². The molecule has 2 rings (SSSR count). The van der Waals surface area contributed by atoms with Gasteiger partial charge in [0.15, 0.2) is 0 Å². The monoisotopic (exact) mass is 239 g/mol. The van der Waals surface area contributed by atoms with E-state index in [4.69, 9.17) is 5.11 Å². The molecule has 16 heavy (non-hydrogen) atoms. The standard InChI is InChI=1S/C11H17N3OS/c1-11(2)8-14(3-4-16-11)10-12-5-9(7-15)6-13-10/h5-6,15H,3-4,7-8H2,1-2H3. The van der Waals surface area contributed by atoms with Crippen LogP contribution in [0.4, 0.5) is 5.95 Å². The van der Waals surface area contributed by atoms with Crippen molar-refractivity contribution in [1.29, 1.82) is 0 Å². The molecule has 0 spiro atoms. The van der Waals surface area contributed by atoms with Crippen LogP contribution in [0.2, 0.25) is 0 Å². The molecule has 0 bridgehead atoms. The Morgan fingerprint density at radius 2 is 2.12 bits per heavy atom. The molecule has 1 N–H and O–H groups in total. The molecule has 0 radical (unpaired) electrons. The van der Waals surface area contributed by atoms with Crippen molar-refractivity contribution >= 4 is 17.7 Å². The summed E-state index contributed by atoms with van der Waals surface area (Å²) in [5.41, 5.74) is 0.759. The fourth-order valence-corrected chi connectivity index (χ4v) is 2.89. The van der Waals surface area contributed by atoms with Crippen LogP contribution in [0.15, 0.2) is 12.4 Å².